The minimum atomic E-state index is -5.08. The van der Waals surface area contributed by atoms with Gasteiger partial charge in [-0.15, -0.1) is 0 Å². The molecule has 1 aliphatic rings. The summed E-state index contributed by atoms with van der Waals surface area (Å²) in [5, 5.41) is 10.4. The molecule has 1 unspecified atom stereocenters. The van der Waals surface area contributed by atoms with Crippen molar-refractivity contribution in [2.75, 3.05) is 19.6 Å². The number of hydrogen-bond donors (Lipinski definition) is 2. The second-order valence-corrected chi connectivity index (χ2v) is 4.70. The average Bonchev–Trinajstić information content (AvgIpc) is 2.37. The number of carbonyl (C=O) groups is 2. The summed E-state index contributed by atoms with van der Waals surface area (Å²) in [6, 6.07) is 0.357. The lowest BCUT2D eigenvalue weighted by molar-refractivity contribution is -0.192. The highest BCUT2D eigenvalue weighted by Gasteiger charge is 2.38. The van der Waals surface area contributed by atoms with E-state index < -0.39 is 12.1 Å². The SMILES string of the molecule is CCC(C)C(=O)N1CCNC[C@H]1C.O=C(O)C(F)(F)F. The van der Waals surface area contributed by atoms with Gasteiger partial charge >= 0.3 is 12.1 Å². The lowest BCUT2D eigenvalue weighted by Gasteiger charge is -2.35. The van der Waals surface area contributed by atoms with E-state index in [1.165, 1.54) is 0 Å². The summed E-state index contributed by atoms with van der Waals surface area (Å²) in [4.78, 5) is 22.7. The topological polar surface area (TPSA) is 69.6 Å². The van der Waals surface area contributed by atoms with Gasteiger partial charge in [-0.3, -0.25) is 4.79 Å². The molecule has 118 valence electrons. The smallest absolute Gasteiger partial charge is 0.475 e. The van der Waals surface area contributed by atoms with Crippen molar-refractivity contribution in [1.29, 1.82) is 0 Å². The zero-order chi connectivity index (χ0) is 15.9. The van der Waals surface area contributed by atoms with E-state index in [0.717, 1.165) is 26.1 Å². The molecule has 0 aromatic heterocycles. The minimum Gasteiger partial charge on any atom is -0.475 e. The first-order valence-corrected chi connectivity index (χ1v) is 6.42. The highest BCUT2D eigenvalue weighted by atomic mass is 19.4. The lowest BCUT2D eigenvalue weighted by Crippen LogP contribution is -2.53. The van der Waals surface area contributed by atoms with E-state index in [9.17, 15) is 18.0 Å². The summed E-state index contributed by atoms with van der Waals surface area (Å²) < 4.78 is 31.7. The van der Waals surface area contributed by atoms with Gasteiger partial charge in [-0.05, 0) is 13.3 Å². The Morgan fingerprint density at radius 2 is 1.95 bits per heavy atom. The summed E-state index contributed by atoms with van der Waals surface area (Å²) >= 11 is 0. The fourth-order valence-electron chi connectivity index (χ4n) is 1.63. The van der Waals surface area contributed by atoms with Crippen molar-refractivity contribution in [3.63, 3.8) is 0 Å². The molecule has 0 radical (unpaired) electrons. The first-order valence-electron chi connectivity index (χ1n) is 6.42. The van der Waals surface area contributed by atoms with E-state index in [-0.39, 0.29) is 5.92 Å². The molecule has 1 heterocycles. The van der Waals surface area contributed by atoms with Crippen molar-refractivity contribution in [3.8, 4) is 0 Å². The second-order valence-electron chi connectivity index (χ2n) is 4.70. The molecule has 1 fully saturated rings. The molecule has 1 aliphatic heterocycles. The first kappa shape index (κ1) is 18.7. The molecule has 1 saturated heterocycles. The molecule has 2 N–H and O–H groups in total. The fourth-order valence-corrected chi connectivity index (χ4v) is 1.63. The highest BCUT2D eigenvalue weighted by Crippen LogP contribution is 2.13. The second kappa shape index (κ2) is 8.08. The number of hydrogen-bond acceptors (Lipinski definition) is 3. The van der Waals surface area contributed by atoms with Crippen LogP contribution in [0.2, 0.25) is 0 Å². The summed E-state index contributed by atoms with van der Waals surface area (Å²) in [5.41, 5.74) is 0. The Morgan fingerprint density at radius 1 is 1.45 bits per heavy atom. The third-order valence-corrected chi connectivity index (χ3v) is 3.06. The zero-order valence-electron chi connectivity index (χ0n) is 11.8. The number of carboxylic acid groups (broad SMARTS) is 1. The Bertz CT molecular complexity index is 334. The number of carbonyl (C=O) groups excluding carboxylic acids is 1. The Kier molecular flexibility index (Phi) is 7.55. The maximum Gasteiger partial charge on any atom is 0.490 e. The van der Waals surface area contributed by atoms with E-state index in [1.54, 1.807) is 0 Å². The minimum absolute atomic E-state index is 0.181. The van der Waals surface area contributed by atoms with Crippen molar-refractivity contribution < 1.29 is 27.9 Å². The van der Waals surface area contributed by atoms with Crippen LogP contribution in [-0.2, 0) is 9.59 Å². The number of rotatable bonds is 2. The third-order valence-electron chi connectivity index (χ3n) is 3.06. The van der Waals surface area contributed by atoms with E-state index >= 15 is 0 Å². The third kappa shape index (κ3) is 6.23. The molecule has 0 aliphatic carbocycles. The monoisotopic (exact) mass is 298 g/mol. The first-order chi connectivity index (χ1) is 9.11. The average molecular weight is 298 g/mol. The molecule has 1 amide bonds. The summed E-state index contributed by atoms with van der Waals surface area (Å²) in [5.74, 6) is -2.26. The van der Waals surface area contributed by atoms with Crippen LogP contribution in [-0.4, -0.2) is 53.7 Å². The largest absolute Gasteiger partial charge is 0.490 e. The fraction of sp³-hybridized carbons (Fsp3) is 0.833. The van der Waals surface area contributed by atoms with Gasteiger partial charge in [-0.25, -0.2) is 4.79 Å². The van der Waals surface area contributed by atoms with E-state index in [1.807, 2.05) is 11.8 Å². The van der Waals surface area contributed by atoms with Crippen LogP contribution in [0, 0.1) is 5.92 Å². The van der Waals surface area contributed by atoms with Crippen LogP contribution in [0.5, 0.6) is 0 Å². The van der Waals surface area contributed by atoms with E-state index in [0.29, 0.717) is 11.9 Å². The van der Waals surface area contributed by atoms with Crippen LogP contribution in [0.3, 0.4) is 0 Å². The van der Waals surface area contributed by atoms with Crippen LogP contribution in [0.25, 0.3) is 0 Å². The van der Waals surface area contributed by atoms with Gasteiger partial charge in [-0.1, -0.05) is 13.8 Å². The zero-order valence-corrected chi connectivity index (χ0v) is 11.8. The maximum atomic E-state index is 11.8. The molecular formula is C12H21F3N2O3. The molecule has 8 heteroatoms. The van der Waals surface area contributed by atoms with Crippen molar-refractivity contribution in [2.45, 2.75) is 39.4 Å². The van der Waals surface area contributed by atoms with Crippen molar-refractivity contribution >= 4 is 11.9 Å². The molecule has 5 nitrogen and oxygen atoms in total. The Balaban J connectivity index is 0.000000441. The standard InChI is InChI=1S/C10H20N2O.C2HF3O2/c1-4-8(2)10(13)12-6-5-11-7-9(12)3;3-2(4,5)1(6)7/h8-9,11H,4-7H2,1-3H3;(H,6,7)/t8?,9-;/m1./s1. The van der Waals surface area contributed by atoms with Gasteiger partial charge in [0.25, 0.3) is 0 Å². The van der Waals surface area contributed by atoms with Gasteiger partial charge < -0.3 is 15.3 Å². The molecule has 0 spiro atoms. The van der Waals surface area contributed by atoms with Crippen molar-refractivity contribution in [1.82, 2.24) is 10.2 Å². The molecule has 0 aromatic rings. The van der Waals surface area contributed by atoms with Crippen LogP contribution in [0.1, 0.15) is 27.2 Å². The van der Waals surface area contributed by atoms with Gasteiger partial charge in [0.1, 0.15) is 0 Å². The van der Waals surface area contributed by atoms with Crippen molar-refractivity contribution in [3.05, 3.63) is 0 Å². The number of alkyl halides is 3. The highest BCUT2D eigenvalue weighted by molar-refractivity contribution is 5.78. The number of piperazine rings is 1. The molecule has 0 saturated carbocycles. The number of aliphatic carboxylic acids is 1. The van der Waals surface area contributed by atoms with Crippen LogP contribution in [0.15, 0.2) is 0 Å². The van der Waals surface area contributed by atoms with Gasteiger partial charge in [0.2, 0.25) is 5.91 Å². The predicted octanol–water partition coefficient (Wildman–Crippen LogP) is 1.49. The van der Waals surface area contributed by atoms with Gasteiger partial charge in [0.15, 0.2) is 0 Å². The number of carboxylic acids is 1. The van der Waals surface area contributed by atoms with E-state index in [2.05, 4.69) is 19.2 Å². The normalized spacial score (nSPS) is 20.7. The predicted molar refractivity (Wildman–Crippen MR) is 67.2 cm³/mol. The number of nitrogens with zero attached hydrogens (tertiary/aromatic N) is 1. The molecule has 2 atom stereocenters. The Labute approximate surface area is 116 Å². The Morgan fingerprint density at radius 3 is 2.30 bits per heavy atom. The quantitative estimate of drug-likeness (QED) is 0.810. The summed E-state index contributed by atoms with van der Waals surface area (Å²) in [6.45, 7) is 8.91. The molecule has 0 aromatic carbocycles. The van der Waals surface area contributed by atoms with Gasteiger partial charge in [0.05, 0.1) is 0 Å². The molecule has 0 bridgehead atoms. The number of amides is 1. The van der Waals surface area contributed by atoms with Gasteiger partial charge in [0, 0.05) is 31.6 Å². The molecule has 1 rings (SSSR count). The summed E-state index contributed by atoms with van der Waals surface area (Å²) in [7, 11) is 0. The van der Waals surface area contributed by atoms with Crippen molar-refractivity contribution in [2.24, 2.45) is 5.92 Å². The summed E-state index contributed by atoms with van der Waals surface area (Å²) in [6.07, 6.45) is -4.14. The van der Waals surface area contributed by atoms with Gasteiger partial charge in [-0.2, -0.15) is 13.2 Å². The number of halogens is 3. The molecule has 20 heavy (non-hydrogen) atoms. The van der Waals surface area contributed by atoms with E-state index in [4.69, 9.17) is 9.90 Å². The number of nitrogens with one attached hydrogen (secondary N) is 1. The van der Waals surface area contributed by atoms with Crippen LogP contribution < -0.4 is 5.32 Å². The van der Waals surface area contributed by atoms with Crippen LogP contribution >= 0.6 is 0 Å². The molecular weight excluding hydrogens is 277 g/mol. The maximum absolute atomic E-state index is 11.8. The Hall–Kier alpha value is -1.31. The lowest BCUT2D eigenvalue weighted by atomic mass is 10.1. The van der Waals surface area contributed by atoms with Crippen LogP contribution in [0.4, 0.5) is 13.2 Å².